The zero-order valence-electron chi connectivity index (χ0n) is 11.1. The van der Waals surface area contributed by atoms with Crippen molar-refractivity contribution in [3.8, 4) is 0 Å². The predicted octanol–water partition coefficient (Wildman–Crippen LogP) is 0.475. The van der Waals surface area contributed by atoms with Gasteiger partial charge in [-0.2, -0.15) is 0 Å². The lowest BCUT2D eigenvalue weighted by molar-refractivity contribution is -0.142. The molecule has 2 N–H and O–H groups in total. The number of aromatic nitrogens is 2. The number of aliphatic carboxylic acids is 1. The second-order valence-corrected chi connectivity index (χ2v) is 4.88. The van der Waals surface area contributed by atoms with Crippen LogP contribution in [0.4, 0.5) is 0 Å². The molecule has 0 fully saturated rings. The average molecular weight is 267 g/mol. The fourth-order valence-corrected chi connectivity index (χ4v) is 1.16. The molecule has 0 spiro atoms. The maximum absolute atomic E-state index is 11.8. The van der Waals surface area contributed by atoms with Crippen molar-refractivity contribution in [1.82, 2.24) is 15.3 Å². The number of ether oxygens (including phenoxy) is 1. The molecule has 0 saturated carbocycles. The number of hydrogen-bond acceptors (Lipinski definition) is 5. The zero-order valence-corrected chi connectivity index (χ0v) is 11.1. The molecule has 104 valence electrons. The molecule has 0 saturated heterocycles. The molecule has 0 aliphatic rings. The highest BCUT2D eigenvalue weighted by atomic mass is 16.5. The Labute approximate surface area is 111 Å². The Morgan fingerprint density at radius 1 is 1.42 bits per heavy atom. The van der Waals surface area contributed by atoms with E-state index in [9.17, 15) is 9.59 Å². The summed E-state index contributed by atoms with van der Waals surface area (Å²) in [6.07, 6.45) is 4.05. The highest BCUT2D eigenvalue weighted by Gasteiger charge is 2.24. The summed E-state index contributed by atoms with van der Waals surface area (Å²) in [4.78, 5) is 30.3. The van der Waals surface area contributed by atoms with Gasteiger partial charge in [-0.15, -0.1) is 0 Å². The van der Waals surface area contributed by atoms with Gasteiger partial charge >= 0.3 is 5.97 Å². The molecule has 0 aromatic carbocycles. The topological polar surface area (TPSA) is 101 Å². The third-order valence-corrected chi connectivity index (χ3v) is 2.08. The van der Waals surface area contributed by atoms with Crippen LogP contribution in [0.15, 0.2) is 18.6 Å². The van der Waals surface area contributed by atoms with Crippen molar-refractivity contribution in [3.63, 3.8) is 0 Å². The highest BCUT2D eigenvalue weighted by Crippen LogP contribution is 2.07. The normalized spacial score (nSPS) is 12.8. The molecular formula is C12H17N3O4. The molecule has 0 unspecified atom stereocenters. The summed E-state index contributed by atoms with van der Waals surface area (Å²) in [6.45, 7) is 5.29. The number of nitrogens with one attached hydrogen (secondary N) is 1. The number of rotatable bonds is 5. The van der Waals surface area contributed by atoms with E-state index in [0.717, 1.165) is 0 Å². The van der Waals surface area contributed by atoms with Crippen LogP contribution in [0.5, 0.6) is 0 Å². The number of nitrogens with zero attached hydrogens (tertiary/aromatic N) is 2. The van der Waals surface area contributed by atoms with Gasteiger partial charge in [0.2, 0.25) is 0 Å². The van der Waals surface area contributed by atoms with Gasteiger partial charge in [0.15, 0.2) is 6.04 Å². The molecule has 1 amide bonds. The maximum Gasteiger partial charge on any atom is 0.328 e. The van der Waals surface area contributed by atoms with Gasteiger partial charge in [0, 0.05) is 12.4 Å². The van der Waals surface area contributed by atoms with Gasteiger partial charge in [0.1, 0.15) is 5.69 Å². The van der Waals surface area contributed by atoms with Crippen LogP contribution in [0.3, 0.4) is 0 Å². The van der Waals surface area contributed by atoms with E-state index in [1.54, 1.807) is 20.8 Å². The maximum atomic E-state index is 11.8. The second kappa shape index (κ2) is 6.24. The third kappa shape index (κ3) is 5.43. The van der Waals surface area contributed by atoms with Gasteiger partial charge in [0.05, 0.1) is 18.4 Å². The quantitative estimate of drug-likeness (QED) is 0.804. The summed E-state index contributed by atoms with van der Waals surface area (Å²) < 4.78 is 5.36. The van der Waals surface area contributed by atoms with E-state index in [4.69, 9.17) is 9.84 Å². The summed E-state index contributed by atoms with van der Waals surface area (Å²) >= 11 is 0. The van der Waals surface area contributed by atoms with Crippen molar-refractivity contribution >= 4 is 11.9 Å². The molecule has 7 nitrogen and oxygen atoms in total. The van der Waals surface area contributed by atoms with Crippen molar-refractivity contribution in [2.75, 3.05) is 6.61 Å². The summed E-state index contributed by atoms with van der Waals surface area (Å²) in [5.74, 6) is -1.76. The number of carboxylic acids is 1. The predicted molar refractivity (Wildman–Crippen MR) is 66.6 cm³/mol. The smallest absolute Gasteiger partial charge is 0.328 e. The first kappa shape index (κ1) is 15.0. The monoisotopic (exact) mass is 267 g/mol. The van der Waals surface area contributed by atoms with E-state index in [0.29, 0.717) is 0 Å². The SMILES string of the molecule is CC(C)(C)OC[C@H](NC(=O)c1cnccn1)C(=O)O. The van der Waals surface area contributed by atoms with Crippen molar-refractivity contribution in [3.05, 3.63) is 24.3 Å². The van der Waals surface area contributed by atoms with E-state index in [1.807, 2.05) is 0 Å². The standard InChI is InChI=1S/C12H17N3O4/c1-12(2,3)19-7-9(11(17)18)15-10(16)8-6-13-4-5-14-8/h4-6,9H,7H2,1-3H3,(H,15,16)(H,17,18)/t9-/m0/s1. The first-order valence-corrected chi connectivity index (χ1v) is 5.73. The lowest BCUT2D eigenvalue weighted by Gasteiger charge is -2.22. The van der Waals surface area contributed by atoms with E-state index in [1.165, 1.54) is 18.6 Å². The number of hydrogen-bond donors (Lipinski definition) is 2. The summed E-state index contributed by atoms with van der Waals surface area (Å²) in [5.41, 5.74) is -0.421. The van der Waals surface area contributed by atoms with Gasteiger partial charge in [0.25, 0.3) is 5.91 Å². The van der Waals surface area contributed by atoms with Crippen LogP contribution in [0, 0.1) is 0 Å². The molecule has 1 aromatic heterocycles. The van der Waals surface area contributed by atoms with Crippen molar-refractivity contribution in [2.24, 2.45) is 0 Å². The van der Waals surface area contributed by atoms with Crippen LogP contribution in [0.25, 0.3) is 0 Å². The Morgan fingerprint density at radius 2 is 2.11 bits per heavy atom. The van der Waals surface area contributed by atoms with Gasteiger partial charge < -0.3 is 15.2 Å². The Balaban J connectivity index is 2.64. The summed E-state index contributed by atoms with van der Waals surface area (Å²) in [6, 6.07) is -1.13. The largest absolute Gasteiger partial charge is 0.480 e. The molecule has 1 atom stereocenters. The van der Waals surface area contributed by atoms with Crippen LogP contribution in [-0.4, -0.2) is 45.2 Å². The Hall–Kier alpha value is -2.02. The van der Waals surface area contributed by atoms with Crippen molar-refractivity contribution in [1.29, 1.82) is 0 Å². The molecule has 0 aliphatic heterocycles. The summed E-state index contributed by atoms with van der Waals surface area (Å²) in [7, 11) is 0. The molecule has 0 aliphatic carbocycles. The molecule has 0 bridgehead atoms. The molecule has 19 heavy (non-hydrogen) atoms. The van der Waals surface area contributed by atoms with Crippen molar-refractivity contribution < 1.29 is 19.4 Å². The Bertz CT molecular complexity index is 442. The number of amides is 1. The fourth-order valence-electron chi connectivity index (χ4n) is 1.16. The molecule has 1 rings (SSSR count). The highest BCUT2D eigenvalue weighted by molar-refractivity contribution is 5.94. The average Bonchev–Trinajstić information content (AvgIpc) is 2.33. The molecule has 1 heterocycles. The van der Waals surface area contributed by atoms with E-state index < -0.39 is 23.5 Å². The van der Waals surface area contributed by atoms with Gasteiger partial charge in [-0.3, -0.25) is 9.78 Å². The van der Waals surface area contributed by atoms with Crippen LogP contribution in [0.2, 0.25) is 0 Å². The first-order valence-electron chi connectivity index (χ1n) is 5.73. The minimum absolute atomic E-state index is 0.0597. The van der Waals surface area contributed by atoms with Gasteiger partial charge in [-0.25, -0.2) is 9.78 Å². The lowest BCUT2D eigenvalue weighted by Crippen LogP contribution is -2.45. The molecular weight excluding hydrogens is 250 g/mol. The molecule has 0 radical (unpaired) electrons. The number of carbonyl (C=O) groups is 2. The molecule has 7 heteroatoms. The molecule has 1 aromatic rings. The van der Waals surface area contributed by atoms with Gasteiger partial charge in [-0.05, 0) is 20.8 Å². The van der Waals surface area contributed by atoms with Crippen LogP contribution >= 0.6 is 0 Å². The zero-order chi connectivity index (χ0) is 14.5. The van der Waals surface area contributed by atoms with E-state index >= 15 is 0 Å². The van der Waals surface area contributed by atoms with E-state index in [2.05, 4.69) is 15.3 Å². The third-order valence-electron chi connectivity index (χ3n) is 2.08. The second-order valence-electron chi connectivity index (χ2n) is 4.88. The van der Waals surface area contributed by atoms with Crippen molar-refractivity contribution in [2.45, 2.75) is 32.4 Å². The minimum atomic E-state index is -1.17. The van der Waals surface area contributed by atoms with Gasteiger partial charge in [-0.1, -0.05) is 0 Å². The van der Waals surface area contributed by atoms with Crippen LogP contribution in [-0.2, 0) is 9.53 Å². The Morgan fingerprint density at radius 3 is 2.58 bits per heavy atom. The summed E-state index contributed by atoms with van der Waals surface area (Å²) in [5, 5.41) is 11.4. The first-order chi connectivity index (χ1) is 8.79. The number of carbonyl (C=O) groups excluding carboxylic acids is 1. The lowest BCUT2D eigenvalue weighted by atomic mass is 10.2. The fraction of sp³-hybridized carbons (Fsp3) is 0.500. The van der Waals surface area contributed by atoms with E-state index in [-0.39, 0.29) is 12.3 Å². The van der Waals surface area contributed by atoms with Crippen LogP contribution in [0.1, 0.15) is 31.3 Å². The minimum Gasteiger partial charge on any atom is -0.480 e. The Kier molecular flexibility index (Phi) is 4.94. The number of carboxylic acid groups (broad SMARTS) is 1. The van der Waals surface area contributed by atoms with Crippen LogP contribution < -0.4 is 5.32 Å².